The van der Waals surface area contributed by atoms with Crippen LogP contribution in [0, 0.1) is 5.41 Å². The highest BCUT2D eigenvalue weighted by molar-refractivity contribution is 5.72. The molecule has 0 amide bonds. The van der Waals surface area contributed by atoms with Crippen LogP contribution in [-0.2, 0) is 22.4 Å². The fourth-order valence-corrected chi connectivity index (χ4v) is 4.84. The minimum atomic E-state index is -0.847. The van der Waals surface area contributed by atoms with Crippen molar-refractivity contribution < 1.29 is 24.2 Å². The number of ether oxygens (including phenoxy) is 2. The molecule has 3 rings (SSSR count). The molecule has 2 atom stereocenters. The molecule has 5 heteroatoms. The summed E-state index contributed by atoms with van der Waals surface area (Å²) in [5, 5.41) is 9.44. The molecule has 2 aromatic carbocycles. The van der Waals surface area contributed by atoms with Crippen LogP contribution in [0.4, 0.5) is 0 Å². The third kappa shape index (κ3) is 6.59. The molecule has 0 radical (unpaired) electrons. The highest BCUT2D eigenvalue weighted by Crippen LogP contribution is 2.48. The Labute approximate surface area is 190 Å². The lowest BCUT2D eigenvalue weighted by Crippen LogP contribution is -2.28. The molecule has 32 heavy (non-hydrogen) atoms. The number of aliphatic carboxylic acids is 1. The number of carbonyl (C=O) groups is 2. The summed E-state index contributed by atoms with van der Waals surface area (Å²) >= 11 is 0. The number of benzene rings is 2. The van der Waals surface area contributed by atoms with Crippen molar-refractivity contribution in [2.75, 3.05) is 0 Å². The minimum absolute atomic E-state index is 0.00774. The van der Waals surface area contributed by atoms with Gasteiger partial charge in [0.1, 0.15) is 11.5 Å². The largest absolute Gasteiger partial charge is 0.491 e. The predicted molar refractivity (Wildman–Crippen MR) is 124 cm³/mol. The minimum Gasteiger partial charge on any atom is -0.491 e. The maximum atomic E-state index is 11.8. The fraction of sp³-hybridized carbons (Fsp3) is 0.481. The maximum Gasteiger partial charge on any atom is 0.308 e. The van der Waals surface area contributed by atoms with Gasteiger partial charge in [0.15, 0.2) is 0 Å². The standard InChI is InChI=1S/C27H34O5/c1-18(9-8-12-20-10-6-5-7-11-20)31-23-13-21-16-27(3,4)17-22(14-25(29)30)26(21)24(15-23)32-19(2)28/h5-7,10-11,13,15,18,22H,8-9,12,14,16-17H2,1-4H3,(H,29,30). The van der Waals surface area contributed by atoms with Gasteiger partial charge in [-0.2, -0.15) is 0 Å². The molecule has 1 N–H and O–H groups in total. The third-order valence-corrected chi connectivity index (χ3v) is 6.01. The van der Waals surface area contributed by atoms with Crippen molar-refractivity contribution in [1.29, 1.82) is 0 Å². The van der Waals surface area contributed by atoms with Gasteiger partial charge in [-0.3, -0.25) is 9.59 Å². The van der Waals surface area contributed by atoms with Crippen molar-refractivity contribution in [3.05, 3.63) is 59.2 Å². The van der Waals surface area contributed by atoms with Gasteiger partial charge in [-0.15, -0.1) is 0 Å². The average molecular weight is 439 g/mol. The van der Waals surface area contributed by atoms with Crippen LogP contribution in [0.3, 0.4) is 0 Å². The van der Waals surface area contributed by atoms with E-state index in [1.165, 1.54) is 12.5 Å². The van der Waals surface area contributed by atoms with Crippen LogP contribution in [0.2, 0.25) is 0 Å². The Hall–Kier alpha value is -2.82. The van der Waals surface area contributed by atoms with Crippen LogP contribution in [0.5, 0.6) is 11.5 Å². The van der Waals surface area contributed by atoms with E-state index in [0.29, 0.717) is 11.5 Å². The van der Waals surface area contributed by atoms with Crippen molar-refractivity contribution in [2.24, 2.45) is 5.41 Å². The van der Waals surface area contributed by atoms with Gasteiger partial charge in [0.2, 0.25) is 0 Å². The van der Waals surface area contributed by atoms with Gasteiger partial charge in [0.25, 0.3) is 0 Å². The highest BCUT2D eigenvalue weighted by Gasteiger charge is 2.36. The zero-order chi connectivity index (χ0) is 23.3. The number of aryl methyl sites for hydroxylation is 1. The number of hydrogen-bond donors (Lipinski definition) is 1. The molecule has 0 fully saturated rings. The molecule has 2 aromatic rings. The molecule has 1 aliphatic carbocycles. The fourth-order valence-electron chi connectivity index (χ4n) is 4.84. The Morgan fingerprint density at radius 2 is 1.91 bits per heavy atom. The number of rotatable bonds is 9. The van der Waals surface area contributed by atoms with Crippen molar-refractivity contribution in [3.63, 3.8) is 0 Å². The summed E-state index contributed by atoms with van der Waals surface area (Å²) in [4.78, 5) is 23.3. The number of esters is 1. The Balaban J connectivity index is 1.79. The number of hydrogen-bond acceptors (Lipinski definition) is 4. The summed E-state index contributed by atoms with van der Waals surface area (Å²) in [6, 6.07) is 14.2. The molecule has 0 aliphatic heterocycles. The first kappa shape index (κ1) is 23.8. The highest BCUT2D eigenvalue weighted by atomic mass is 16.5. The quantitative estimate of drug-likeness (QED) is 0.388. The van der Waals surface area contributed by atoms with E-state index in [1.807, 2.05) is 19.1 Å². The molecule has 1 aliphatic rings. The summed E-state index contributed by atoms with van der Waals surface area (Å²) in [6.07, 6.45) is 4.46. The second kappa shape index (κ2) is 10.2. The van der Waals surface area contributed by atoms with E-state index >= 15 is 0 Å². The van der Waals surface area contributed by atoms with E-state index in [2.05, 4.69) is 38.1 Å². The molecule has 0 saturated carbocycles. The molecule has 0 heterocycles. The summed E-state index contributed by atoms with van der Waals surface area (Å²) in [7, 11) is 0. The number of fused-ring (bicyclic) bond motifs is 1. The van der Waals surface area contributed by atoms with E-state index < -0.39 is 11.9 Å². The lowest BCUT2D eigenvalue weighted by Gasteiger charge is -2.37. The summed E-state index contributed by atoms with van der Waals surface area (Å²) in [5.74, 6) is -0.362. The predicted octanol–water partition coefficient (Wildman–Crippen LogP) is 5.93. The van der Waals surface area contributed by atoms with Gasteiger partial charge in [0.05, 0.1) is 12.5 Å². The second-order valence-electron chi connectivity index (χ2n) is 9.73. The number of carboxylic acid groups (broad SMARTS) is 1. The monoisotopic (exact) mass is 438 g/mol. The number of carbonyl (C=O) groups excluding carboxylic acids is 1. The summed E-state index contributed by atoms with van der Waals surface area (Å²) in [6.45, 7) is 7.71. The zero-order valence-electron chi connectivity index (χ0n) is 19.5. The third-order valence-electron chi connectivity index (χ3n) is 6.01. The van der Waals surface area contributed by atoms with E-state index in [0.717, 1.165) is 43.2 Å². The molecule has 2 unspecified atom stereocenters. The summed E-state index contributed by atoms with van der Waals surface area (Å²) in [5.41, 5.74) is 3.13. The Morgan fingerprint density at radius 3 is 2.56 bits per heavy atom. The van der Waals surface area contributed by atoms with Gasteiger partial charge in [0, 0.05) is 18.6 Å². The van der Waals surface area contributed by atoms with Crippen molar-refractivity contribution in [2.45, 2.75) is 78.2 Å². The van der Waals surface area contributed by atoms with Crippen LogP contribution >= 0.6 is 0 Å². The van der Waals surface area contributed by atoms with Crippen molar-refractivity contribution in [1.82, 2.24) is 0 Å². The van der Waals surface area contributed by atoms with Crippen LogP contribution in [0.15, 0.2) is 42.5 Å². The molecule has 0 bridgehead atoms. The average Bonchev–Trinajstić information content (AvgIpc) is 2.66. The SMILES string of the molecule is CC(=O)Oc1cc(OC(C)CCCc2ccccc2)cc2c1C(CC(=O)O)CC(C)(C)C2. The Bertz CT molecular complexity index is 948. The van der Waals surface area contributed by atoms with E-state index in [-0.39, 0.29) is 23.9 Å². The van der Waals surface area contributed by atoms with Gasteiger partial charge < -0.3 is 14.6 Å². The van der Waals surface area contributed by atoms with Crippen LogP contribution in [-0.4, -0.2) is 23.1 Å². The molecular weight excluding hydrogens is 404 g/mol. The molecule has 172 valence electrons. The van der Waals surface area contributed by atoms with E-state index in [1.54, 1.807) is 6.07 Å². The molecule has 5 nitrogen and oxygen atoms in total. The van der Waals surface area contributed by atoms with E-state index in [4.69, 9.17) is 9.47 Å². The lowest BCUT2D eigenvalue weighted by atomic mass is 9.68. The first-order valence-corrected chi connectivity index (χ1v) is 11.4. The van der Waals surface area contributed by atoms with Gasteiger partial charge in [-0.1, -0.05) is 44.2 Å². The zero-order valence-corrected chi connectivity index (χ0v) is 19.5. The molecule has 0 spiro atoms. The smallest absolute Gasteiger partial charge is 0.308 e. The molecule has 0 saturated heterocycles. The summed E-state index contributed by atoms with van der Waals surface area (Å²) < 4.78 is 11.8. The van der Waals surface area contributed by atoms with Crippen LogP contribution < -0.4 is 9.47 Å². The first-order chi connectivity index (χ1) is 15.1. The lowest BCUT2D eigenvalue weighted by molar-refractivity contribution is -0.137. The van der Waals surface area contributed by atoms with Crippen molar-refractivity contribution >= 4 is 11.9 Å². The van der Waals surface area contributed by atoms with Crippen molar-refractivity contribution in [3.8, 4) is 11.5 Å². The first-order valence-electron chi connectivity index (χ1n) is 11.4. The molecular formula is C27H34O5. The van der Waals surface area contributed by atoms with Crippen LogP contribution in [0.1, 0.15) is 76.0 Å². The number of carboxylic acids is 1. The Morgan fingerprint density at radius 1 is 1.19 bits per heavy atom. The van der Waals surface area contributed by atoms with Gasteiger partial charge in [-0.05, 0) is 67.6 Å². The van der Waals surface area contributed by atoms with Crippen LogP contribution in [0.25, 0.3) is 0 Å². The second-order valence-corrected chi connectivity index (χ2v) is 9.73. The van der Waals surface area contributed by atoms with E-state index in [9.17, 15) is 14.7 Å². The maximum absolute atomic E-state index is 11.8. The normalized spacial score (nSPS) is 17.8. The topological polar surface area (TPSA) is 72.8 Å². The Kier molecular flexibility index (Phi) is 7.60. The molecule has 0 aromatic heterocycles. The van der Waals surface area contributed by atoms with Gasteiger partial charge in [-0.25, -0.2) is 0 Å². The van der Waals surface area contributed by atoms with Gasteiger partial charge >= 0.3 is 11.9 Å².